The van der Waals surface area contributed by atoms with E-state index >= 15 is 0 Å². The highest BCUT2D eigenvalue weighted by Gasteiger charge is 2.26. The molecule has 0 heterocycles. The van der Waals surface area contributed by atoms with E-state index in [1.165, 1.54) is 0 Å². The van der Waals surface area contributed by atoms with E-state index in [9.17, 15) is 4.79 Å². The van der Waals surface area contributed by atoms with E-state index in [4.69, 9.17) is 9.84 Å². The van der Waals surface area contributed by atoms with Crippen LogP contribution in [0.25, 0.3) is 0 Å². The van der Waals surface area contributed by atoms with Crippen molar-refractivity contribution in [2.45, 2.75) is 33.6 Å². The van der Waals surface area contributed by atoms with Gasteiger partial charge in [0, 0.05) is 17.4 Å². The molecule has 0 radical (unpaired) electrons. The summed E-state index contributed by atoms with van der Waals surface area (Å²) in [5.74, 6) is 6.35. The summed E-state index contributed by atoms with van der Waals surface area (Å²) >= 11 is 0. The summed E-state index contributed by atoms with van der Waals surface area (Å²) in [5, 5.41) is 11.6. The van der Waals surface area contributed by atoms with Crippen LogP contribution in [-0.4, -0.2) is 24.7 Å². The lowest BCUT2D eigenvalue weighted by Gasteiger charge is -2.22. The van der Waals surface area contributed by atoms with Crippen molar-refractivity contribution in [3.63, 3.8) is 0 Å². The Hall–Kier alpha value is -1.99. The molecule has 2 N–H and O–H groups in total. The molecular weight excluding hydrogens is 266 g/mol. The first kappa shape index (κ1) is 17.1. The largest absolute Gasteiger partial charge is 0.495 e. The zero-order chi connectivity index (χ0) is 15.9. The number of hydrogen-bond acceptors (Lipinski definition) is 3. The molecule has 21 heavy (non-hydrogen) atoms. The molecule has 0 aliphatic carbocycles. The van der Waals surface area contributed by atoms with Crippen LogP contribution in [0.1, 0.15) is 39.2 Å². The van der Waals surface area contributed by atoms with Gasteiger partial charge in [-0.3, -0.25) is 4.79 Å². The van der Waals surface area contributed by atoms with E-state index in [-0.39, 0.29) is 12.5 Å². The van der Waals surface area contributed by atoms with Crippen molar-refractivity contribution in [3.8, 4) is 17.6 Å². The predicted molar refractivity (Wildman–Crippen MR) is 84.3 cm³/mol. The molecule has 0 aliphatic rings. The predicted octanol–water partition coefficient (Wildman–Crippen LogP) is 2.80. The van der Waals surface area contributed by atoms with Crippen LogP contribution >= 0.6 is 0 Å². The molecule has 0 bridgehead atoms. The number of nitrogens with one attached hydrogen (secondary N) is 1. The second-order valence-electron chi connectivity index (χ2n) is 5.38. The van der Waals surface area contributed by atoms with Gasteiger partial charge >= 0.3 is 0 Å². The number of rotatable bonds is 5. The van der Waals surface area contributed by atoms with Crippen LogP contribution in [0.4, 0.5) is 5.69 Å². The highest BCUT2D eigenvalue weighted by Crippen LogP contribution is 2.28. The molecule has 4 nitrogen and oxygen atoms in total. The Morgan fingerprint density at radius 3 is 2.71 bits per heavy atom. The normalized spacial score (nSPS) is 10.5. The first-order valence-electron chi connectivity index (χ1n) is 7.03. The van der Waals surface area contributed by atoms with E-state index in [1.807, 2.05) is 26.8 Å². The number of aliphatic hydroxyl groups is 1. The Kier molecular flexibility index (Phi) is 6.26. The first-order valence-corrected chi connectivity index (χ1v) is 7.03. The standard InChI is InChI=1S/C17H23NO3/c1-5-17(2,3)16(20)18-14-12-13(8-6-7-11-19)9-10-15(14)21-4/h9-10,12,19H,5,7,11H2,1-4H3,(H,18,20). The summed E-state index contributed by atoms with van der Waals surface area (Å²) in [4.78, 5) is 12.3. The molecule has 1 aromatic rings. The fraction of sp³-hybridized carbons (Fsp3) is 0.471. The molecule has 0 saturated heterocycles. The van der Waals surface area contributed by atoms with E-state index < -0.39 is 5.41 Å². The number of carbonyl (C=O) groups excluding carboxylic acids is 1. The van der Waals surface area contributed by atoms with Crippen molar-refractivity contribution in [2.24, 2.45) is 5.41 Å². The number of anilines is 1. The zero-order valence-electron chi connectivity index (χ0n) is 13.1. The molecule has 1 amide bonds. The Labute approximate surface area is 126 Å². The number of benzene rings is 1. The average molecular weight is 289 g/mol. The third-order valence-corrected chi connectivity index (χ3v) is 3.42. The minimum atomic E-state index is -0.441. The van der Waals surface area contributed by atoms with Gasteiger partial charge in [-0.1, -0.05) is 32.6 Å². The second-order valence-corrected chi connectivity index (χ2v) is 5.38. The quantitative estimate of drug-likeness (QED) is 0.819. The van der Waals surface area contributed by atoms with Crippen LogP contribution in [0.5, 0.6) is 5.75 Å². The second kappa shape index (κ2) is 7.70. The molecule has 0 saturated carbocycles. The fourth-order valence-corrected chi connectivity index (χ4v) is 1.56. The topological polar surface area (TPSA) is 58.6 Å². The Morgan fingerprint density at radius 1 is 1.43 bits per heavy atom. The molecule has 0 aromatic heterocycles. The van der Waals surface area contributed by atoms with E-state index in [0.717, 1.165) is 12.0 Å². The molecule has 1 aromatic carbocycles. The van der Waals surface area contributed by atoms with Crippen LogP contribution in [0.2, 0.25) is 0 Å². The van der Waals surface area contributed by atoms with Crippen molar-refractivity contribution in [1.29, 1.82) is 0 Å². The molecule has 0 spiro atoms. The van der Waals surface area contributed by atoms with Crippen LogP contribution < -0.4 is 10.1 Å². The maximum Gasteiger partial charge on any atom is 0.230 e. The lowest BCUT2D eigenvalue weighted by atomic mass is 9.89. The van der Waals surface area contributed by atoms with Gasteiger partial charge in [-0.2, -0.15) is 0 Å². The Bertz CT molecular complexity index is 553. The number of hydrogen-bond donors (Lipinski definition) is 2. The smallest absolute Gasteiger partial charge is 0.230 e. The highest BCUT2D eigenvalue weighted by molar-refractivity contribution is 5.96. The minimum absolute atomic E-state index is 0.0391. The van der Waals surface area contributed by atoms with Crippen molar-refractivity contribution in [2.75, 3.05) is 19.0 Å². The maximum atomic E-state index is 12.3. The SMILES string of the molecule is CCC(C)(C)C(=O)Nc1cc(C#CCCO)ccc1OC. The van der Waals surface area contributed by atoms with E-state index in [0.29, 0.717) is 17.9 Å². The molecule has 114 valence electrons. The van der Waals surface area contributed by atoms with Gasteiger partial charge in [0.2, 0.25) is 5.91 Å². The number of amides is 1. The summed E-state index contributed by atoms with van der Waals surface area (Å²) in [6.45, 7) is 5.82. The van der Waals surface area contributed by atoms with Gasteiger partial charge in [-0.15, -0.1) is 0 Å². The first-order chi connectivity index (χ1) is 9.94. The monoisotopic (exact) mass is 289 g/mol. The van der Waals surface area contributed by atoms with Crippen LogP contribution in [0, 0.1) is 17.3 Å². The van der Waals surface area contributed by atoms with Gasteiger partial charge in [0.1, 0.15) is 5.75 Å². The van der Waals surface area contributed by atoms with E-state index in [1.54, 1.807) is 19.2 Å². The third-order valence-electron chi connectivity index (χ3n) is 3.42. The highest BCUT2D eigenvalue weighted by atomic mass is 16.5. The number of aliphatic hydroxyl groups excluding tert-OH is 1. The van der Waals surface area contributed by atoms with Crippen LogP contribution in [0.15, 0.2) is 18.2 Å². The zero-order valence-corrected chi connectivity index (χ0v) is 13.1. The summed E-state index contributed by atoms with van der Waals surface area (Å²) in [6.07, 6.45) is 1.17. The molecule has 0 atom stereocenters. The van der Waals surface area contributed by atoms with Crippen LogP contribution in [0.3, 0.4) is 0 Å². The summed E-state index contributed by atoms with van der Waals surface area (Å²) in [5.41, 5.74) is 0.942. The molecule has 0 unspecified atom stereocenters. The van der Waals surface area contributed by atoms with Crippen molar-refractivity contribution < 1.29 is 14.6 Å². The van der Waals surface area contributed by atoms with Gasteiger partial charge in [0.25, 0.3) is 0 Å². The third kappa shape index (κ3) is 4.80. The van der Waals surface area contributed by atoms with Crippen molar-refractivity contribution >= 4 is 11.6 Å². The molecule has 1 rings (SSSR count). The van der Waals surface area contributed by atoms with Crippen molar-refractivity contribution in [1.82, 2.24) is 0 Å². The van der Waals surface area contributed by atoms with E-state index in [2.05, 4.69) is 17.2 Å². The lowest BCUT2D eigenvalue weighted by Crippen LogP contribution is -2.30. The van der Waals surface area contributed by atoms with Crippen molar-refractivity contribution in [3.05, 3.63) is 23.8 Å². The molecule has 4 heteroatoms. The number of methoxy groups -OCH3 is 1. The fourth-order valence-electron chi connectivity index (χ4n) is 1.56. The maximum absolute atomic E-state index is 12.3. The van der Waals surface area contributed by atoms with Gasteiger partial charge in [-0.05, 0) is 24.6 Å². The van der Waals surface area contributed by atoms with Gasteiger partial charge in [0.15, 0.2) is 0 Å². The summed E-state index contributed by atoms with van der Waals surface area (Å²) in [6, 6.07) is 5.38. The molecule has 0 aliphatic heterocycles. The molecular formula is C17H23NO3. The number of ether oxygens (including phenoxy) is 1. The Balaban J connectivity index is 3.02. The summed E-state index contributed by atoms with van der Waals surface area (Å²) in [7, 11) is 1.56. The Morgan fingerprint density at radius 2 is 2.14 bits per heavy atom. The lowest BCUT2D eigenvalue weighted by molar-refractivity contribution is -0.124. The van der Waals surface area contributed by atoms with Gasteiger partial charge in [0.05, 0.1) is 19.4 Å². The average Bonchev–Trinajstić information content (AvgIpc) is 2.47. The summed E-state index contributed by atoms with van der Waals surface area (Å²) < 4.78 is 5.27. The molecule has 0 fully saturated rings. The van der Waals surface area contributed by atoms with Gasteiger partial charge in [-0.25, -0.2) is 0 Å². The minimum Gasteiger partial charge on any atom is -0.495 e. The van der Waals surface area contributed by atoms with Crippen LogP contribution in [-0.2, 0) is 4.79 Å². The number of carbonyl (C=O) groups is 1. The van der Waals surface area contributed by atoms with Gasteiger partial charge < -0.3 is 15.2 Å².